The number of rotatable bonds is 8. The Morgan fingerprint density at radius 2 is 1.93 bits per heavy atom. The van der Waals surface area contributed by atoms with Crippen molar-refractivity contribution in [2.45, 2.75) is 26.2 Å². The maximum Gasteiger partial charge on any atom is 0.330 e. The van der Waals surface area contributed by atoms with Gasteiger partial charge in [0.1, 0.15) is 0 Å². The summed E-state index contributed by atoms with van der Waals surface area (Å²) in [6, 6.07) is 0. The highest BCUT2D eigenvalue weighted by Crippen LogP contribution is 2.03. The van der Waals surface area contributed by atoms with Crippen LogP contribution in [0.25, 0.3) is 0 Å². The number of unbranched alkanes of at least 4 members (excludes halogenated alkanes) is 1. The predicted octanol–water partition coefficient (Wildman–Crippen LogP) is 1.98. The van der Waals surface area contributed by atoms with Gasteiger partial charge in [0.2, 0.25) is 0 Å². The number of hydrogen-bond acceptors (Lipinski definition) is 2. The van der Waals surface area contributed by atoms with E-state index in [1.807, 2.05) is 0 Å². The van der Waals surface area contributed by atoms with Crippen molar-refractivity contribution in [3.63, 3.8) is 0 Å². The van der Waals surface area contributed by atoms with E-state index in [9.17, 15) is 4.79 Å². The monoisotopic (exact) mass is 214 g/mol. The topological polar surface area (TPSA) is 26.3 Å². The second kappa shape index (κ2) is 7.46. The quantitative estimate of drug-likeness (QED) is 0.267. The summed E-state index contributed by atoms with van der Waals surface area (Å²) in [6.45, 7) is 8.28. The second-order valence-corrected chi connectivity index (χ2v) is 4.46. The maximum absolute atomic E-state index is 10.8. The van der Waals surface area contributed by atoms with Crippen LogP contribution in [0.15, 0.2) is 12.7 Å². The summed E-state index contributed by atoms with van der Waals surface area (Å²) in [6.07, 6.45) is 4.60. The largest absolute Gasteiger partial charge is 0.462 e. The van der Waals surface area contributed by atoms with E-state index >= 15 is 0 Å². The van der Waals surface area contributed by atoms with Gasteiger partial charge in [-0.3, -0.25) is 0 Å². The minimum atomic E-state index is -0.325. The Labute approximate surface area is 93.3 Å². The number of quaternary nitrogens is 1. The van der Waals surface area contributed by atoms with Gasteiger partial charge >= 0.3 is 5.97 Å². The van der Waals surface area contributed by atoms with Crippen molar-refractivity contribution in [2.75, 3.05) is 33.8 Å². The Bertz CT molecular complexity index is 200. The van der Waals surface area contributed by atoms with Crippen LogP contribution in [0.4, 0.5) is 0 Å². The van der Waals surface area contributed by atoms with Crippen LogP contribution in [0.2, 0.25) is 0 Å². The van der Waals surface area contributed by atoms with Gasteiger partial charge in [-0.25, -0.2) is 4.79 Å². The predicted molar refractivity (Wildman–Crippen MR) is 62.5 cm³/mol. The van der Waals surface area contributed by atoms with Crippen LogP contribution in [0.5, 0.6) is 0 Å². The standard InChI is InChI=1S/C12H24NO2/c1-5-7-9-13(3,4)10-8-11-15-12(14)6-2/h6H,2,5,7-11H2,1,3-4H3/q+1. The molecule has 0 heterocycles. The number of ether oxygens (including phenoxy) is 1. The van der Waals surface area contributed by atoms with E-state index in [0.717, 1.165) is 17.4 Å². The molecule has 0 aromatic carbocycles. The zero-order chi connectivity index (χ0) is 11.7. The van der Waals surface area contributed by atoms with Gasteiger partial charge in [0.05, 0.1) is 33.8 Å². The Hall–Kier alpha value is -0.830. The molecule has 0 aliphatic carbocycles. The lowest BCUT2D eigenvalue weighted by Crippen LogP contribution is -2.41. The van der Waals surface area contributed by atoms with E-state index in [-0.39, 0.29) is 5.97 Å². The lowest BCUT2D eigenvalue weighted by Gasteiger charge is -2.29. The number of carbonyl (C=O) groups is 1. The summed E-state index contributed by atoms with van der Waals surface area (Å²) in [5, 5.41) is 0. The zero-order valence-electron chi connectivity index (χ0n) is 10.3. The first kappa shape index (κ1) is 14.2. The molecule has 3 heteroatoms. The van der Waals surface area contributed by atoms with Crippen molar-refractivity contribution in [3.05, 3.63) is 12.7 Å². The maximum atomic E-state index is 10.8. The van der Waals surface area contributed by atoms with Gasteiger partial charge in [0.25, 0.3) is 0 Å². The van der Waals surface area contributed by atoms with Crippen molar-refractivity contribution in [1.29, 1.82) is 0 Å². The highest BCUT2D eigenvalue weighted by atomic mass is 16.5. The molecule has 0 bridgehead atoms. The molecule has 88 valence electrons. The average molecular weight is 214 g/mol. The Morgan fingerprint density at radius 3 is 2.47 bits per heavy atom. The SMILES string of the molecule is C=CC(=O)OCCC[N+](C)(C)CCCC. The van der Waals surface area contributed by atoms with Gasteiger partial charge in [-0.1, -0.05) is 19.9 Å². The Kier molecular flexibility index (Phi) is 7.05. The molecule has 0 saturated carbocycles. The molecule has 0 aromatic rings. The Balaban J connectivity index is 3.56. The normalized spacial score (nSPS) is 11.1. The fourth-order valence-corrected chi connectivity index (χ4v) is 1.42. The number of hydrogen-bond donors (Lipinski definition) is 0. The van der Waals surface area contributed by atoms with Gasteiger partial charge in [0, 0.05) is 12.5 Å². The first-order valence-electron chi connectivity index (χ1n) is 5.63. The van der Waals surface area contributed by atoms with Gasteiger partial charge in [-0.05, 0) is 6.42 Å². The minimum Gasteiger partial charge on any atom is -0.462 e. The number of nitrogens with zero attached hydrogens (tertiary/aromatic N) is 1. The van der Waals surface area contributed by atoms with E-state index in [1.165, 1.54) is 25.5 Å². The van der Waals surface area contributed by atoms with E-state index < -0.39 is 0 Å². The Morgan fingerprint density at radius 1 is 1.33 bits per heavy atom. The molecule has 0 radical (unpaired) electrons. The van der Waals surface area contributed by atoms with Gasteiger partial charge in [0.15, 0.2) is 0 Å². The fourth-order valence-electron chi connectivity index (χ4n) is 1.42. The van der Waals surface area contributed by atoms with E-state index in [1.54, 1.807) is 0 Å². The molecule has 0 rings (SSSR count). The summed E-state index contributed by atoms with van der Waals surface area (Å²) in [5.74, 6) is -0.325. The highest BCUT2D eigenvalue weighted by Gasteiger charge is 2.13. The molecule has 3 nitrogen and oxygen atoms in total. The third-order valence-electron chi connectivity index (χ3n) is 2.44. The third kappa shape index (κ3) is 8.18. The van der Waals surface area contributed by atoms with Crippen LogP contribution in [-0.2, 0) is 9.53 Å². The van der Waals surface area contributed by atoms with Gasteiger partial charge in [-0.2, -0.15) is 0 Å². The zero-order valence-corrected chi connectivity index (χ0v) is 10.3. The molecule has 0 saturated heterocycles. The summed E-state index contributed by atoms with van der Waals surface area (Å²) >= 11 is 0. The molecule has 0 aliphatic rings. The molecule has 15 heavy (non-hydrogen) atoms. The highest BCUT2D eigenvalue weighted by molar-refractivity contribution is 5.81. The van der Waals surface area contributed by atoms with Crippen LogP contribution in [0.1, 0.15) is 26.2 Å². The first-order chi connectivity index (χ1) is 7.02. The van der Waals surface area contributed by atoms with Crippen molar-refractivity contribution >= 4 is 5.97 Å². The van der Waals surface area contributed by atoms with Crippen LogP contribution >= 0.6 is 0 Å². The molecule has 0 amide bonds. The number of carbonyl (C=O) groups excluding carboxylic acids is 1. The molecule has 0 fully saturated rings. The molecule has 0 aliphatic heterocycles. The van der Waals surface area contributed by atoms with E-state index in [2.05, 4.69) is 27.6 Å². The van der Waals surface area contributed by atoms with Crippen LogP contribution in [0.3, 0.4) is 0 Å². The lowest BCUT2D eigenvalue weighted by molar-refractivity contribution is -0.890. The lowest BCUT2D eigenvalue weighted by atomic mass is 10.3. The molecular weight excluding hydrogens is 190 g/mol. The second-order valence-electron chi connectivity index (χ2n) is 4.46. The summed E-state index contributed by atoms with van der Waals surface area (Å²) < 4.78 is 5.92. The van der Waals surface area contributed by atoms with Crippen molar-refractivity contribution in [2.24, 2.45) is 0 Å². The summed E-state index contributed by atoms with van der Waals surface area (Å²) in [4.78, 5) is 10.8. The van der Waals surface area contributed by atoms with Gasteiger partial charge in [-0.15, -0.1) is 0 Å². The number of esters is 1. The average Bonchev–Trinajstić information content (AvgIpc) is 2.21. The molecular formula is C12H24NO2+. The molecule has 0 N–H and O–H groups in total. The third-order valence-corrected chi connectivity index (χ3v) is 2.44. The van der Waals surface area contributed by atoms with Crippen LogP contribution in [-0.4, -0.2) is 44.2 Å². The van der Waals surface area contributed by atoms with Crippen molar-refractivity contribution < 1.29 is 14.0 Å². The van der Waals surface area contributed by atoms with Gasteiger partial charge < -0.3 is 9.22 Å². The van der Waals surface area contributed by atoms with Crippen LogP contribution in [0, 0.1) is 0 Å². The minimum absolute atomic E-state index is 0.325. The molecule has 0 atom stereocenters. The van der Waals surface area contributed by atoms with Crippen LogP contribution < -0.4 is 0 Å². The van der Waals surface area contributed by atoms with Crippen molar-refractivity contribution in [3.8, 4) is 0 Å². The van der Waals surface area contributed by atoms with Crippen molar-refractivity contribution in [1.82, 2.24) is 0 Å². The molecule has 0 spiro atoms. The van der Waals surface area contributed by atoms with E-state index in [4.69, 9.17) is 4.74 Å². The first-order valence-corrected chi connectivity index (χ1v) is 5.63. The van der Waals surface area contributed by atoms with E-state index in [0.29, 0.717) is 6.61 Å². The molecule has 0 unspecified atom stereocenters. The molecule has 0 aromatic heterocycles. The fraction of sp³-hybridized carbons (Fsp3) is 0.750. The smallest absolute Gasteiger partial charge is 0.330 e. The summed E-state index contributed by atoms with van der Waals surface area (Å²) in [7, 11) is 4.43. The summed E-state index contributed by atoms with van der Waals surface area (Å²) in [5.41, 5.74) is 0.